The molecule has 0 aromatic heterocycles. The van der Waals surface area contributed by atoms with Gasteiger partial charge < -0.3 is 5.73 Å². The first-order valence-corrected chi connectivity index (χ1v) is 6.88. The van der Waals surface area contributed by atoms with Crippen LogP contribution in [-0.2, 0) is 6.54 Å². The molecule has 0 saturated carbocycles. The van der Waals surface area contributed by atoms with Crippen LogP contribution in [0, 0.1) is 5.82 Å². The summed E-state index contributed by atoms with van der Waals surface area (Å²) >= 11 is 6.23. The van der Waals surface area contributed by atoms with Crippen molar-refractivity contribution >= 4 is 29.3 Å². The van der Waals surface area contributed by atoms with Crippen molar-refractivity contribution in [3.63, 3.8) is 0 Å². The van der Waals surface area contributed by atoms with Gasteiger partial charge in [0.25, 0.3) is 0 Å². The fourth-order valence-corrected chi connectivity index (χ4v) is 2.55. The van der Waals surface area contributed by atoms with Gasteiger partial charge in [-0.2, -0.15) is 0 Å². The predicted octanol–water partition coefficient (Wildman–Crippen LogP) is 3.58. The Kier molecular flexibility index (Phi) is 4.76. The average Bonchev–Trinajstić information content (AvgIpc) is 2.41. The number of nitrogens with two attached hydrogens (primary N) is 1. The third-order valence-corrected chi connectivity index (χ3v) is 3.87. The number of thiocarbonyl (C=S) groups is 1. The molecule has 19 heavy (non-hydrogen) atoms. The smallest absolute Gasteiger partial charge is 0.177 e. The van der Waals surface area contributed by atoms with Gasteiger partial charge in [0.2, 0.25) is 0 Å². The Bertz CT molecular complexity index is 560. The van der Waals surface area contributed by atoms with Crippen molar-refractivity contribution in [2.24, 2.45) is 5.73 Å². The number of nitrogens with zero attached hydrogens (tertiary/aromatic N) is 1. The summed E-state index contributed by atoms with van der Waals surface area (Å²) in [6.07, 6.45) is 0. The summed E-state index contributed by atoms with van der Waals surface area (Å²) in [6.45, 7) is 0.537. The number of rotatable bonds is 4. The highest BCUT2D eigenvalue weighted by Gasteiger charge is 2.12. The molecule has 98 valence electrons. The Hall–Kier alpha value is -1.59. The van der Waals surface area contributed by atoms with E-state index in [4.69, 9.17) is 18.0 Å². The molecule has 2 aromatic rings. The number of halogens is 1. The van der Waals surface area contributed by atoms with Crippen LogP contribution in [0.25, 0.3) is 0 Å². The summed E-state index contributed by atoms with van der Waals surface area (Å²) in [5.74, 6) is -0.276. The summed E-state index contributed by atoms with van der Waals surface area (Å²) in [7, 11) is 0. The summed E-state index contributed by atoms with van der Waals surface area (Å²) in [6, 6.07) is 16.4. The fourth-order valence-electron chi connectivity index (χ4n) is 1.54. The van der Waals surface area contributed by atoms with Crippen LogP contribution in [0.4, 0.5) is 4.39 Å². The van der Waals surface area contributed by atoms with E-state index in [1.54, 1.807) is 22.5 Å². The average molecular weight is 292 g/mol. The number of hydrogen-bond acceptors (Lipinski definition) is 2. The normalized spacial score (nSPS) is 10.2. The number of hydrogen-bond donors (Lipinski definition) is 1. The zero-order chi connectivity index (χ0) is 13.7. The lowest BCUT2D eigenvalue weighted by molar-refractivity contribution is 0.596. The van der Waals surface area contributed by atoms with Gasteiger partial charge in [0.1, 0.15) is 5.82 Å². The topological polar surface area (TPSA) is 29.3 Å². The Labute approximate surface area is 121 Å². The molecule has 2 aromatic carbocycles. The summed E-state index contributed by atoms with van der Waals surface area (Å²) in [5.41, 5.74) is 6.77. The van der Waals surface area contributed by atoms with Crippen LogP contribution in [0.5, 0.6) is 0 Å². The quantitative estimate of drug-likeness (QED) is 0.689. The molecule has 0 fully saturated rings. The molecule has 0 saturated heterocycles. The van der Waals surface area contributed by atoms with Crippen LogP contribution in [0.2, 0.25) is 0 Å². The van der Waals surface area contributed by atoms with Crippen molar-refractivity contribution in [2.75, 3.05) is 0 Å². The largest absolute Gasteiger partial charge is 0.375 e. The van der Waals surface area contributed by atoms with Crippen LogP contribution in [0.3, 0.4) is 0 Å². The van der Waals surface area contributed by atoms with E-state index >= 15 is 0 Å². The van der Waals surface area contributed by atoms with Crippen LogP contribution >= 0.6 is 24.2 Å². The Morgan fingerprint density at radius 1 is 1.11 bits per heavy atom. The van der Waals surface area contributed by atoms with Crippen LogP contribution in [-0.4, -0.2) is 9.42 Å². The zero-order valence-electron chi connectivity index (χ0n) is 10.1. The lowest BCUT2D eigenvalue weighted by atomic mass is 10.2. The van der Waals surface area contributed by atoms with Gasteiger partial charge in [-0.1, -0.05) is 42.5 Å². The first-order valence-electron chi connectivity index (χ1n) is 5.70. The molecule has 0 aliphatic rings. The van der Waals surface area contributed by atoms with E-state index in [9.17, 15) is 4.39 Å². The molecular formula is C14H13FN2S2. The van der Waals surface area contributed by atoms with Crippen molar-refractivity contribution < 1.29 is 4.39 Å². The molecule has 0 aliphatic carbocycles. The maximum absolute atomic E-state index is 13.6. The third-order valence-electron chi connectivity index (χ3n) is 2.46. The van der Waals surface area contributed by atoms with E-state index in [-0.39, 0.29) is 10.9 Å². The highest BCUT2D eigenvalue weighted by atomic mass is 32.2. The second-order valence-electron chi connectivity index (χ2n) is 3.88. The molecule has 0 unspecified atom stereocenters. The first-order chi connectivity index (χ1) is 9.16. The lowest BCUT2D eigenvalue weighted by Crippen LogP contribution is -2.29. The van der Waals surface area contributed by atoms with Crippen molar-refractivity contribution in [3.05, 3.63) is 66.0 Å². The Morgan fingerprint density at radius 3 is 2.37 bits per heavy atom. The zero-order valence-corrected chi connectivity index (χ0v) is 11.8. The lowest BCUT2D eigenvalue weighted by Gasteiger charge is -2.21. The van der Waals surface area contributed by atoms with E-state index in [1.807, 2.05) is 30.3 Å². The monoisotopic (exact) mass is 292 g/mol. The molecule has 2 nitrogen and oxygen atoms in total. The fraction of sp³-hybridized carbons (Fsp3) is 0.0714. The van der Waals surface area contributed by atoms with Crippen LogP contribution in [0.15, 0.2) is 59.5 Å². The minimum Gasteiger partial charge on any atom is -0.375 e. The van der Waals surface area contributed by atoms with Gasteiger partial charge in [0.05, 0.1) is 11.4 Å². The Morgan fingerprint density at radius 2 is 1.74 bits per heavy atom. The standard InChI is InChI=1S/C14H13FN2S2/c15-12-8-4-5-9-13(12)19-17(14(16)18)10-11-6-2-1-3-7-11/h1-9H,10H2,(H2,16,18). The van der Waals surface area contributed by atoms with Crippen molar-refractivity contribution in [1.82, 2.24) is 4.31 Å². The SMILES string of the molecule is NC(=S)N(Cc1ccccc1)Sc1ccccc1F. The number of benzene rings is 2. The minimum absolute atomic E-state index is 0.233. The molecule has 0 aliphatic heterocycles. The van der Waals surface area contributed by atoms with Crippen LogP contribution in [0.1, 0.15) is 5.56 Å². The molecular weight excluding hydrogens is 279 g/mol. The second-order valence-corrected chi connectivity index (χ2v) is 5.36. The van der Waals surface area contributed by atoms with Gasteiger partial charge in [-0.25, -0.2) is 4.39 Å². The second kappa shape index (κ2) is 6.54. The molecule has 0 amide bonds. The molecule has 0 atom stereocenters. The van der Waals surface area contributed by atoms with Crippen LogP contribution < -0.4 is 5.73 Å². The van der Waals surface area contributed by atoms with E-state index in [0.29, 0.717) is 11.4 Å². The van der Waals surface area contributed by atoms with E-state index in [1.165, 1.54) is 18.0 Å². The van der Waals surface area contributed by atoms with E-state index in [0.717, 1.165) is 5.56 Å². The maximum atomic E-state index is 13.6. The van der Waals surface area contributed by atoms with Gasteiger partial charge in [-0.3, -0.25) is 4.31 Å². The summed E-state index contributed by atoms with van der Waals surface area (Å²) in [5, 5.41) is 0.233. The Balaban J connectivity index is 2.13. The highest BCUT2D eigenvalue weighted by Crippen LogP contribution is 2.26. The molecule has 0 spiro atoms. The molecule has 2 rings (SSSR count). The molecule has 0 radical (unpaired) electrons. The van der Waals surface area contributed by atoms with Crippen molar-refractivity contribution in [2.45, 2.75) is 11.4 Å². The molecule has 2 N–H and O–H groups in total. The van der Waals surface area contributed by atoms with Gasteiger partial charge in [0, 0.05) is 0 Å². The van der Waals surface area contributed by atoms with E-state index < -0.39 is 0 Å². The van der Waals surface area contributed by atoms with E-state index in [2.05, 4.69) is 0 Å². The van der Waals surface area contributed by atoms with Crippen molar-refractivity contribution in [1.29, 1.82) is 0 Å². The van der Waals surface area contributed by atoms with Crippen molar-refractivity contribution in [3.8, 4) is 0 Å². The predicted molar refractivity (Wildman–Crippen MR) is 81.0 cm³/mol. The first kappa shape index (κ1) is 13.8. The third kappa shape index (κ3) is 3.94. The molecule has 0 heterocycles. The van der Waals surface area contributed by atoms with Gasteiger partial charge in [-0.05, 0) is 41.9 Å². The van der Waals surface area contributed by atoms with Gasteiger partial charge in [0.15, 0.2) is 5.11 Å². The van der Waals surface area contributed by atoms with Gasteiger partial charge >= 0.3 is 0 Å². The molecule has 0 bridgehead atoms. The summed E-state index contributed by atoms with van der Waals surface area (Å²) in [4.78, 5) is 0.506. The minimum atomic E-state index is -0.276. The highest BCUT2D eigenvalue weighted by molar-refractivity contribution is 7.98. The van der Waals surface area contributed by atoms with Gasteiger partial charge in [-0.15, -0.1) is 0 Å². The molecule has 5 heteroatoms. The maximum Gasteiger partial charge on any atom is 0.177 e. The summed E-state index contributed by atoms with van der Waals surface area (Å²) < 4.78 is 15.3.